The number of nitrogens with two attached hydrogens (primary N) is 2. The van der Waals surface area contributed by atoms with E-state index in [0.29, 0.717) is 42.6 Å². The van der Waals surface area contributed by atoms with Crippen LogP contribution in [0.3, 0.4) is 0 Å². The summed E-state index contributed by atoms with van der Waals surface area (Å²) in [6.07, 6.45) is 5.24. The summed E-state index contributed by atoms with van der Waals surface area (Å²) < 4.78 is 0. The van der Waals surface area contributed by atoms with Gasteiger partial charge in [-0.3, -0.25) is 4.90 Å². The van der Waals surface area contributed by atoms with Crippen LogP contribution in [0.25, 0.3) is 0 Å². The second-order valence-electron chi connectivity index (χ2n) is 11.7. The number of para-hydroxylation sites is 2. The predicted octanol–water partition coefficient (Wildman–Crippen LogP) is 5.15. The zero-order valence-electron chi connectivity index (χ0n) is 24.5. The Bertz CT molecular complexity index is 1460. The van der Waals surface area contributed by atoms with E-state index in [1.165, 1.54) is 25.7 Å². The minimum Gasteiger partial charge on any atom is -0.368 e. The molecule has 2 aromatic carbocycles. The fraction of sp³-hybridized carbons (Fsp3) is 0.419. The highest BCUT2D eigenvalue weighted by Gasteiger charge is 2.43. The molecule has 0 spiro atoms. The van der Waals surface area contributed by atoms with Crippen LogP contribution in [0, 0.1) is 31.6 Å². The number of nitrogens with one attached hydrogen (secondary N) is 2. The molecule has 42 heavy (non-hydrogen) atoms. The van der Waals surface area contributed by atoms with E-state index in [0.717, 1.165) is 34.3 Å². The summed E-state index contributed by atoms with van der Waals surface area (Å²) in [6.45, 7) is 7.32. The maximum Gasteiger partial charge on any atom is 0.232 e. The molecule has 0 saturated heterocycles. The number of nitrogens with zero attached hydrogens (tertiary/aromatic N) is 7. The van der Waals surface area contributed by atoms with Crippen molar-refractivity contribution >= 4 is 35.2 Å². The van der Waals surface area contributed by atoms with E-state index in [2.05, 4.69) is 42.4 Å². The molecule has 2 aromatic heterocycles. The van der Waals surface area contributed by atoms with Crippen LogP contribution in [-0.4, -0.2) is 40.8 Å². The minimum absolute atomic E-state index is 0.178. The van der Waals surface area contributed by atoms with Crippen molar-refractivity contribution in [2.45, 2.75) is 65.6 Å². The van der Waals surface area contributed by atoms with Crippen LogP contribution in [0.4, 0.5) is 35.2 Å². The topological polar surface area (TPSA) is 157 Å². The van der Waals surface area contributed by atoms with E-state index in [9.17, 15) is 0 Å². The fourth-order valence-corrected chi connectivity index (χ4v) is 6.66. The largest absolute Gasteiger partial charge is 0.368 e. The van der Waals surface area contributed by atoms with Crippen molar-refractivity contribution in [3.8, 4) is 0 Å². The standard InChI is InChI=1S/C31H39N11/c1-18-8-4-6-10-24(18)34-30-38-26(36-28(32)40-30)16-42(20(3)23-15-21-12-13-22(23)14-21)17-27-37-29(33)41-31(39-27)35-25-11-7-5-9-19(25)2/h4-11,20-23H,12-17H2,1-3H3,(H3,32,34,36,38,40)(H3,33,35,37,39,41)/t20-,21+,22+,23-/m1/s1. The van der Waals surface area contributed by atoms with Gasteiger partial charge >= 0.3 is 0 Å². The van der Waals surface area contributed by atoms with Crippen molar-refractivity contribution in [3.63, 3.8) is 0 Å². The smallest absolute Gasteiger partial charge is 0.232 e. The van der Waals surface area contributed by atoms with Crippen molar-refractivity contribution in [1.82, 2.24) is 34.8 Å². The van der Waals surface area contributed by atoms with E-state index in [1.54, 1.807) is 0 Å². The number of fused-ring (bicyclic) bond motifs is 2. The van der Waals surface area contributed by atoms with E-state index in [-0.39, 0.29) is 17.9 Å². The van der Waals surface area contributed by atoms with Crippen LogP contribution in [-0.2, 0) is 13.1 Å². The minimum atomic E-state index is 0.178. The Hall–Kier alpha value is -4.38. The molecule has 2 saturated carbocycles. The summed E-state index contributed by atoms with van der Waals surface area (Å²) in [6, 6.07) is 16.3. The van der Waals surface area contributed by atoms with E-state index >= 15 is 0 Å². The fourth-order valence-electron chi connectivity index (χ4n) is 6.66. The van der Waals surface area contributed by atoms with Crippen LogP contribution in [0.15, 0.2) is 48.5 Å². The van der Waals surface area contributed by atoms with Gasteiger partial charge in [-0.15, -0.1) is 0 Å². The second kappa shape index (κ2) is 11.8. The first-order valence-corrected chi connectivity index (χ1v) is 14.7. The summed E-state index contributed by atoms with van der Waals surface area (Å²) in [5, 5.41) is 6.61. The molecule has 11 nitrogen and oxygen atoms in total. The summed E-state index contributed by atoms with van der Waals surface area (Å²) in [4.78, 5) is 29.6. The maximum absolute atomic E-state index is 6.17. The summed E-state index contributed by atoms with van der Waals surface area (Å²) >= 11 is 0. The van der Waals surface area contributed by atoms with Crippen LogP contribution in [0.5, 0.6) is 0 Å². The van der Waals surface area contributed by atoms with Gasteiger partial charge in [-0.25, -0.2) is 0 Å². The number of aryl methyl sites for hydroxylation is 2. The second-order valence-corrected chi connectivity index (χ2v) is 11.7. The van der Waals surface area contributed by atoms with Gasteiger partial charge in [-0.05, 0) is 81.0 Å². The van der Waals surface area contributed by atoms with Crippen molar-refractivity contribution in [3.05, 3.63) is 71.3 Å². The molecule has 11 heteroatoms. The average molecular weight is 566 g/mol. The van der Waals surface area contributed by atoms with E-state index in [1.807, 2.05) is 62.4 Å². The van der Waals surface area contributed by atoms with Crippen LogP contribution in [0.1, 0.15) is 55.4 Å². The number of benzene rings is 2. The van der Waals surface area contributed by atoms with Gasteiger partial charge in [0.1, 0.15) is 11.6 Å². The third-order valence-corrected chi connectivity index (χ3v) is 8.86. The molecule has 0 amide bonds. The van der Waals surface area contributed by atoms with Gasteiger partial charge in [0.05, 0.1) is 13.1 Å². The van der Waals surface area contributed by atoms with Crippen molar-refractivity contribution in [2.24, 2.45) is 17.8 Å². The monoisotopic (exact) mass is 565 g/mol. The summed E-state index contributed by atoms with van der Waals surface area (Å²) in [5.74, 6) is 4.56. The average Bonchev–Trinajstić information content (AvgIpc) is 3.59. The van der Waals surface area contributed by atoms with Crippen molar-refractivity contribution in [2.75, 3.05) is 22.1 Å². The third kappa shape index (κ3) is 6.25. The summed E-state index contributed by atoms with van der Waals surface area (Å²) in [5.41, 5.74) is 16.4. The Labute approximate surface area is 246 Å². The number of aromatic nitrogens is 6. The molecule has 6 rings (SSSR count). The lowest BCUT2D eigenvalue weighted by molar-refractivity contribution is 0.100. The normalized spacial score (nSPS) is 20.1. The molecule has 4 aromatic rings. The first-order valence-electron chi connectivity index (χ1n) is 14.7. The van der Waals surface area contributed by atoms with Gasteiger partial charge in [-0.2, -0.15) is 29.9 Å². The highest BCUT2D eigenvalue weighted by atomic mass is 15.3. The van der Waals surface area contributed by atoms with Crippen LogP contribution in [0.2, 0.25) is 0 Å². The zero-order valence-corrected chi connectivity index (χ0v) is 24.5. The first kappa shape index (κ1) is 27.8. The van der Waals surface area contributed by atoms with Gasteiger partial charge in [0, 0.05) is 17.4 Å². The molecule has 4 atom stereocenters. The zero-order chi connectivity index (χ0) is 29.2. The molecular weight excluding hydrogens is 526 g/mol. The lowest BCUT2D eigenvalue weighted by Crippen LogP contribution is -2.40. The molecule has 2 aliphatic carbocycles. The molecule has 6 N–H and O–H groups in total. The van der Waals surface area contributed by atoms with Crippen LogP contribution >= 0.6 is 0 Å². The number of hydrogen-bond donors (Lipinski definition) is 4. The Morgan fingerprint density at radius 3 is 1.71 bits per heavy atom. The Balaban J connectivity index is 1.28. The third-order valence-electron chi connectivity index (χ3n) is 8.86. The highest BCUT2D eigenvalue weighted by Crippen LogP contribution is 2.50. The van der Waals surface area contributed by atoms with Crippen LogP contribution < -0.4 is 22.1 Å². The lowest BCUT2D eigenvalue weighted by Gasteiger charge is -2.36. The number of hydrogen-bond acceptors (Lipinski definition) is 11. The maximum atomic E-state index is 6.17. The molecular formula is C31H39N11. The molecule has 0 aliphatic heterocycles. The molecule has 0 radical (unpaired) electrons. The van der Waals surface area contributed by atoms with Gasteiger partial charge in [0.2, 0.25) is 23.8 Å². The summed E-state index contributed by atoms with van der Waals surface area (Å²) in [7, 11) is 0. The first-order chi connectivity index (χ1) is 20.3. The predicted molar refractivity (Wildman–Crippen MR) is 165 cm³/mol. The Morgan fingerprint density at radius 1 is 0.738 bits per heavy atom. The van der Waals surface area contributed by atoms with Gasteiger partial charge < -0.3 is 22.1 Å². The lowest BCUT2D eigenvalue weighted by atomic mass is 9.83. The highest BCUT2D eigenvalue weighted by molar-refractivity contribution is 5.59. The Kier molecular flexibility index (Phi) is 7.84. The molecule has 2 bridgehead atoms. The molecule has 2 heterocycles. The molecule has 2 aliphatic rings. The molecule has 218 valence electrons. The van der Waals surface area contributed by atoms with Gasteiger partial charge in [0.15, 0.2) is 0 Å². The Morgan fingerprint density at radius 2 is 1.26 bits per heavy atom. The van der Waals surface area contributed by atoms with Crippen molar-refractivity contribution in [1.29, 1.82) is 0 Å². The molecule has 2 fully saturated rings. The quantitative estimate of drug-likeness (QED) is 0.201. The SMILES string of the molecule is Cc1ccccc1Nc1nc(N)nc(CN(Cc2nc(N)nc(Nc3ccccc3C)n2)[C@H](C)[C@H]2C[C@H]3CC[C@H]2C3)n1. The number of nitrogen functional groups attached to an aromatic ring is 2. The number of anilines is 6. The van der Waals surface area contributed by atoms with E-state index < -0.39 is 0 Å². The van der Waals surface area contributed by atoms with Gasteiger partial charge in [0.25, 0.3) is 0 Å². The number of rotatable bonds is 10. The van der Waals surface area contributed by atoms with Gasteiger partial charge in [-0.1, -0.05) is 42.8 Å². The molecule has 0 unspecified atom stereocenters. The van der Waals surface area contributed by atoms with E-state index in [4.69, 9.17) is 21.4 Å². The van der Waals surface area contributed by atoms with Crippen molar-refractivity contribution < 1.29 is 0 Å².